The van der Waals surface area contributed by atoms with Gasteiger partial charge in [-0.1, -0.05) is 32.0 Å². The van der Waals surface area contributed by atoms with E-state index in [9.17, 15) is 9.59 Å². The Hall–Kier alpha value is -2.22. The number of benzene rings is 2. The molecule has 0 radical (unpaired) electrons. The molecule has 2 atom stereocenters. The lowest BCUT2D eigenvalue weighted by Crippen LogP contribution is -1.93. The lowest BCUT2D eigenvalue weighted by atomic mass is 9.98. The zero-order valence-electron chi connectivity index (χ0n) is 15.3. The quantitative estimate of drug-likeness (QED) is 0.717. The van der Waals surface area contributed by atoms with Crippen LogP contribution in [-0.4, -0.2) is 12.6 Å². The lowest BCUT2D eigenvalue weighted by Gasteiger charge is -2.07. The number of carbonyl (C=O) groups excluding carboxylic acids is 2. The molecule has 0 N–H and O–H groups in total. The summed E-state index contributed by atoms with van der Waals surface area (Å²) in [6, 6.07) is 10.2. The van der Waals surface area contributed by atoms with Crippen molar-refractivity contribution in [3.63, 3.8) is 0 Å². The van der Waals surface area contributed by atoms with Crippen molar-refractivity contribution in [3.05, 3.63) is 69.3 Å². The minimum atomic E-state index is 0.634. The standard InChI is InChI=1S/C12H14O.C11H12O/c1-8-3-4-10-5-9(2)11(7-13)6-12(8)10;1-8-4-10-3-2-9(7-12)6-11(10)5-8/h5-8H,3-4H2,1-2H3;2-3,6-8H,4-5H2,1H3. The van der Waals surface area contributed by atoms with E-state index in [0.717, 1.165) is 41.6 Å². The molecule has 2 aromatic rings. The van der Waals surface area contributed by atoms with E-state index in [1.165, 1.54) is 41.5 Å². The van der Waals surface area contributed by atoms with Gasteiger partial charge in [-0.25, -0.2) is 0 Å². The molecule has 0 aromatic heterocycles. The van der Waals surface area contributed by atoms with Crippen LogP contribution < -0.4 is 0 Å². The van der Waals surface area contributed by atoms with Crippen molar-refractivity contribution >= 4 is 12.6 Å². The normalized spacial score (nSPS) is 20.3. The molecular weight excluding hydrogens is 308 g/mol. The van der Waals surface area contributed by atoms with Crippen molar-refractivity contribution in [2.45, 2.75) is 52.4 Å². The van der Waals surface area contributed by atoms with Gasteiger partial charge in [-0.15, -0.1) is 0 Å². The van der Waals surface area contributed by atoms with Gasteiger partial charge < -0.3 is 0 Å². The summed E-state index contributed by atoms with van der Waals surface area (Å²) in [6.45, 7) is 6.49. The first-order chi connectivity index (χ1) is 12.0. The highest BCUT2D eigenvalue weighted by molar-refractivity contribution is 5.78. The number of aldehydes is 2. The number of rotatable bonds is 2. The average molecular weight is 334 g/mol. The molecule has 2 nitrogen and oxygen atoms in total. The van der Waals surface area contributed by atoms with Crippen molar-refractivity contribution < 1.29 is 9.59 Å². The predicted octanol–water partition coefficient (Wildman–Crippen LogP) is 5.09. The van der Waals surface area contributed by atoms with Gasteiger partial charge in [0.05, 0.1) is 0 Å². The largest absolute Gasteiger partial charge is 0.298 e. The molecule has 0 amide bonds. The molecule has 4 rings (SSSR count). The van der Waals surface area contributed by atoms with Crippen LogP contribution in [0.1, 0.15) is 74.7 Å². The second kappa shape index (κ2) is 7.35. The molecule has 130 valence electrons. The van der Waals surface area contributed by atoms with Crippen LogP contribution in [0.3, 0.4) is 0 Å². The van der Waals surface area contributed by atoms with Gasteiger partial charge in [-0.3, -0.25) is 9.59 Å². The van der Waals surface area contributed by atoms with Crippen LogP contribution >= 0.6 is 0 Å². The second-order valence-corrected chi connectivity index (χ2v) is 7.62. The minimum Gasteiger partial charge on any atom is -0.298 e. The van der Waals surface area contributed by atoms with Crippen LogP contribution in [0.5, 0.6) is 0 Å². The van der Waals surface area contributed by atoms with Crippen LogP contribution in [-0.2, 0) is 19.3 Å². The van der Waals surface area contributed by atoms with E-state index >= 15 is 0 Å². The first-order valence-electron chi connectivity index (χ1n) is 9.17. The summed E-state index contributed by atoms with van der Waals surface area (Å²) in [5, 5.41) is 0. The summed E-state index contributed by atoms with van der Waals surface area (Å²) in [7, 11) is 0. The minimum absolute atomic E-state index is 0.634. The maximum Gasteiger partial charge on any atom is 0.150 e. The first-order valence-corrected chi connectivity index (χ1v) is 9.17. The van der Waals surface area contributed by atoms with Gasteiger partial charge in [0, 0.05) is 11.1 Å². The Labute approximate surface area is 150 Å². The fourth-order valence-electron chi connectivity index (χ4n) is 4.06. The zero-order chi connectivity index (χ0) is 18.0. The molecule has 2 unspecified atom stereocenters. The maximum atomic E-state index is 10.7. The van der Waals surface area contributed by atoms with E-state index in [1.54, 1.807) is 0 Å². The SMILES string of the molecule is CC1Cc2ccc(C=O)cc2C1.Cc1cc2c(cc1C=O)C(C)CC2. The van der Waals surface area contributed by atoms with Gasteiger partial charge in [-0.05, 0) is 84.4 Å². The van der Waals surface area contributed by atoms with Gasteiger partial charge in [-0.2, -0.15) is 0 Å². The number of carbonyl (C=O) groups is 2. The van der Waals surface area contributed by atoms with Gasteiger partial charge in [0.25, 0.3) is 0 Å². The molecule has 2 aliphatic rings. The maximum absolute atomic E-state index is 10.7. The van der Waals surface area contributed by atoms with Crippen LogP contribution in [0, 0.1) is 12.8 Å². The Kier molecular flexibility index (Phi) is 5.17. The van der Waals surface area contributed by atoms with E-state index < -0.39 is 0 Å². The van der Waals surface area contributed by atoms with E-state index in [-0.39, 0.29) is 0 Å². The Balaban J connectivity index is 0.000000146. The van der Waals surface area contributed by atoms with Crippen molar-refractivity contribution in [1.82, 2.24) is 0 Å². The van der Waals surface area contributed by atoms with E-state index in [4.69, 9.17) is 0 Å². The fraction of sp³-hybridized carbons (Fsp3) is 0.391. The molecule has 2 aromatic carbocycles. The van der Waals surface area contributed by atoms with E-state index in [0.29, 0.717) is 5.92 Å². The third-order valence-corrected chi connectivity index (χ3v) is 5.54. The fourth-order valence-corrected chi connectivity index (χ4v) is 4.06. The molecule has 25 heavy (non-hydrogen) atoms. The Bertz CT molecular complexity index is 804. The Morgan fingerprint density at radius 2 is 1.68 bits per heavy atom. The summed E-state index contributed by atoms with van der Waals surface area (Å²) in [5.74, 6) is 1.39. The Morgan fingerprint density at radius 3 is 2.40 bits per heavy atom. The molecule has 0 spiro atoms. The Morgan fingerprint density at radius 1 is 0.920 bits per heavy atom. The summed E-state index contributed by atoms with van der Waals surface area (Å²) in [5.41, 5.74) is 8.39. The topological polar surface area (TPSA) is 34.1 Å². The molecule has 0 fully saturated rings. The van der Waals surface area contributed by atoms with Crippen molar-refractivity contribution in [2.24, 2.45) is 5.92 Å². The third-order valence-electron chi connectivity index (χ3n) is 5.54. The van der Waals surface area contributed by atoms with Crippen molar-refractivity contribution in [3.8, 4) is 0 Å². The van der Waals surface area contributed by atoms with Crippen LogP contribution in [0.4, 0.5) is 0 Å². The lowest BCUT2D eigenvalue weighted by molar-refractivity contribution is 0.111. The molecule has 0 saturated carbocycles. The average Bonchev–Trinajstić information content (AvgIpc) is 3.15. The smallest absolute Gasteiger partial charge is 0.150 e. The van der Waals surface area contributed by atoms with Crippen molar-refractivity contribution in [2.75, 3.05) is 0 Å². The van der Waals surface area contributed by atoms with E-state index in [1.807, 2.05) is 19.1 Å². The van der Waals surface area contributed by atoms with Crippen LogP contribution in [0.15, 0.2) is 30.3 Å². The summed E-state index contributed by atoms with van der Waals surface area (Å²) < 4.78 is 0. The third kappa shape index (κ3) is 3.73. The number of hydrogen-bond donors (Lipinski definition) is 0. The summed E-state index contributed by atoms with van der Waals surface area (Å²) >= 11 is 0. The highest BCUT2D eigenvalue weighted by atomic mass is 16.1. The second-order valence-electron chi connectivity index (χ2n) is 7.62. The van der Waals surface area contributed by atoms with Crippen LogP contribution in [0.2, 0.25) is 0 Å². The number of hydrogen-bond acceptors (Lipinski definition) is 2. The van der Waals surface area contributed by atoms with Gasteiger partial charge in [0.1, 0.15) is 12.6 Å². The van der Waals surface area contributed by atoms with Gasteiger partial charge in [0.2, 0.25) is 0 Å². The molecule has 0 bridgehead atoms. The molecule has 0 aliphatic heterocycles. The highest BCUT2D eigenvalue weighted by Crippen LogP contribution is 2.34. The summed E-state index contributed by atoms with van der Waals surface area (Å²) in [4.78, 5) is 21.2. The molecule has 2 heteroatoms. The van der Waals surface area contributed by atoms with Crippen molar-refractivity contribution in [1.29, 1.82) is 0 Å². The number of aryl methyl sites for hydroxylation is 2. The highest BCUT2D eigenvalue weighted by Gasteiger charge is 2.19. The molecular formula is C23H26O2. The van der Waals surface area contributed by atoms with Gasteiger partial charge in [0.15, 0.2) is 0 Å². The van der Waals surface area contributed by atoms with Crippen LogP contribution in [0.25, 0.3) is 0 Å². The number of fused-ring (bicyclic) bond motifs is 2. The predicted molar refractivity (Wildman–Crippen MR) is 102 cm³/mol. The monoisotopic (exact) mass is 334 g/mol. The summed E-state index contributed by atoms with van der Waals surface area (Å²) in [6.07, 6.45) is 6.60. The molecule has 0 heterocycles. The zero-order valence-corrected chi connectivity index (χ0v) is 15.3. The first kappa shape index (κ1) is 17.6. The van der Waals surface area contributed by atoms with Gasteiger partial charge >= 0.3 is 0 Å². The van der Waals surface area contributed by atoms with E-state index in [2.05, 4.69) is 32.0 Å². The molecule has 2 aliphatic carbocycles. The molecule has 0 saturated heterocycles.